The van der Waals surface area contributed by atoms with Gasteiger partial charge in [-0.3, -0.25) is 0 Å². The molecule has 0 unspecified atom stereocenters. The van der Waals surface area contributed by atoms with Crippen LogP contribution in [0.15, 0.2) is 212 Å². The van der Waals surface area contributed by atoms with Crippen molar-refractivity contribution in [2.45, 2.75) is 12.8 Å². The Labute approximate surface area is 350 Å². The number of allylic oxidation sites excluding steroid dienone is 1. The average Bonchev–Trinajstić information content (AvgIpc) is 3.67. The summed E-state index contributed by atoms with van der Waals surface area (Å²) < 4.78 is 2.44. The van der Waals surface area contributed by atoms with Crippen molar-refractivity contribution in [1.29, 1.82) is 0 Å². The highest BCUT2D eigenvalue weighted by Crippen LogP contribution is 2.41. The van der Waals surface area contributed by atoms with E-state index < -0.39 is 0 Å². The molecule has 11 rings (SSSR count). The molecule has 0 radical (unpaired) electrons. The van der Waals surface area contributed by atoms with Gasteiger partial charge in [0.25, 0.3) is 0 Å². The highest BCUT2D eigenvalue weighted by molar-refractivity contribution is 5.99. The number of fused-ring (bicyclic) bond motifs is 4. The Bertz CT molecular complexity index is 3170. The standard InChI is InChI=1S/C56H40N4/c1-4-17-39(18-5-1)46-23-10-11-24-47(46)50-27-16-28-51-56(50)58-55(54(57-51)40-19-6-2-7-20-40)41-31-33-43(34-32-41)59(42-21-8-3-9-22-42)44-35-37-45(38-36-44)60-52-29-14-12-25-48(52)49-26-13-15-30-53(49)60/h1-14,16-29,31-38H,15,30H2. The second-order valence-corrected chi connectivity index (χ2v) is 15.3. The number of para-hydroxylation sites is 3. The molecule has 2 aromatic heterocycles. The van der Waals surface area contributed by atoms with Crippen LogP contribution < -0.4 is 4.90 Å². The molecule has 0 fully saturated rings. The Hall–Kier alpha value is -7.82. The van der Waals surface area contributed by atoms with Gasteiger partial charge in [-0.15, -0.1) is 0 Å². The predicted octanol–water partition coefficient (Wildman–Crippen LogP) is 14.7. The third kappa shape index (κ3) is 6.27. The first kappa shape index (κ1) is 35.4. The van der Waals surface area contributed by atoms with Crippen molar-refractivity contribution < 1.29 is 0 Å². The zero-order valence-corrected chi connectivity index (χ0v) is 33.0. The first-order valence-electron chi connectivity index (χ1n) is 20.6. The fourth-order valence-electron chi connectivity index (χ4n) is 8.89. The number of hydrogen-bond acceptors (Lipinski definition) is 3. The highest BCUT2D eigenvalue weighted by atomic mass is 15.1. The van der Waals surface area contributed by atoms with Crippen molar-refractivity contribution in [2.24, 2.45) is 0 Å². The summed E-state index contributed by atoms with van der Waals surface area (Å²) in [6, 6.07) is 73.0. The first-order valence-corrected chi connectivity index (χ1v) is 20.6. The van der Waals surface area contributed by atoms with Gasteiger partial charge in [-0.05, 0) is 90.2 Å². The van der Waals surface area contributed by atoms with E-state index in [2.05, 4.69) is 222 Å². The first-order chi connectivity index (χ1) is 29.8. The second-order valence-electron chi connectivity index (χ2n) is 15.3. The van der Waals surface area contributed by atoms with Gasteiger partial charge in [0.15, 0.2) is 0 Å². The van der Waals surface area contributed by atoms with E-state index in [0.29, 0.717) is 0 Å². The summed E-state index contributed by atoms with van der Waals surface area (Å²) in [5, 5.41) is 1.30. The molecule has 2 heterocycles. The van der Waals surface area contributed by atoms with Gasteiger partial charge in [-0.25, -0.2) is 9.97 Å². The van der Waals surface area contributed by atoms with Crippen LogP contribution in [0.3, 0.4) is 0 Å². The summed E-state index contributed by atoms with van der Waals surface area (Å²) in [4.78, 5) is 13.2. The van der Waals surface area contributed by atoms with E-state index in [1.165, 1.54) is 33.4 Å². The van der Waals surface area contributed by atoms with Crippen LogP contribution >= 0.6 is 0 Å². The van der Waals surface area contributed by atoms with Gasteiger partial charge in [0, 0.05) is 56.1 Å². The average molecular weight is 769 g/mol. The van der Waals surface area contributed by atoms with E-state index in [-0.39, 0.29) is 0 Å². The third-order valence-electron chi connectivity index (χ3n) is 11.7. The largest absolute Gasteiger partial charge is 0.313 e. The Balaban J connectivity index is 1.02. The molecule has 4 heteroatoms. The predicted molar refractivity (Wildman–Crippen MR) is 250 cm³/mol. The van der Waals surface area contributed by atoms with E-state index >= 15 is 0 Å². The van der Waals surface area contributed by atoms with Crippen molar-refractivity contribution in [3.63, 3.8) is 0 Å². The SMILES string of the molecule is C1=Cc2c(n(-c3ccc(N(c4ccccc4)c4ccc(-c5nc6c(-c7ccccc7-c7ccccc7)cccc6nc5-c5ccccc5)cc4)cc3)c3ccccc23)CC1. The molecule has 8 aromatic carbocycles. The number of rotatable bonds is 8. The van der Waals surface area contributed by atoms with Crippen molar-refractivity contribution in [3.05, 3.63) is 224 Å². The van der Waals surface area contributed by atoms with E-state index in [1.54, 1.807) is 0 Å². The number of anilines is 3. The molecule has 0 saturated heterocycles. The number of nitrogens with zero attached hydrogens (tertiary/aromatic N) is 4. The fraction of sp³-hybridized carbons (Fsp3) is 0.0357. The van der Waals surface area contributed by atoms with E-state index in [0.717, 1.165) is 80.1 Å². The second kappa shape index (κ2) is 15.2. The van der Waals surface area contributed by atoms with Crippen LogP contribution in [0.1, 0.15) is 17.7 Å². The maximum Gasteiger partial charge on any atom is 0.0973 e. The van der Waals surface area contributed by atoms with Crippen LogP contribution in [0.4, 0.5) is 17.1 Å². The Kier molecular flexibility index (Phi) is 8.94. The molecule has 1 aliphatic rings. The fourth-order valence-corrected chi connectivity index (χ4v) is 8.89. The molecule has 1 aliphatic carbocycles. The van der Waals surface area contributed by atoms with Gasteiger partial charge in [-0.2, -0.15) is 0 Å². The normalized spacial score (nSPS) is 12.1. The Morgan fingerprint density at radius 2 is 1.00 bits per heavy atom. The molecule has 284 valence electrons. The minimum atomic E-state index is 0.845. The van der Waals surface area contributed by atoms with Gasteiger partial charge in [0.05, 0.1) is 27.9 Å². The Morgan fingerprint density at radius 1 is 0.433 bits per heavy atom. The molecule has 0 N–H and O–H groups in total. The summed E-state index contributed by atoms with van der Waals surface area (Å²) in [7, 11) is 0. The maximum absolute atomic E-state index is 5.53. The highest BCUT2D eigenvalue weighted by Gasteiger charge is 2.21. The number of aromatic nitrogens is 3. The van der Waals surface area contributed by atoms with Crippen LogP contribution in [-0.2, 0) is 6.42 Å². The zero-order chi connectivity index (χ0) is 39.8. The summed E-state index contributed by atoms with van der Waals surface area (Å²) in [6.45, 7) is 0. The van der Waals surface area contributed by atoms with Crippen LogP contribution in [-0.4, -0.2) is 14.5 Å². The monoisotopic (exact) mass is 768 g/mol. The van der Waals surface area contributed by atoms with Crippen molar-refractivity contribution in [2.75, 3.05) is 4.90 Å². The molecule has 0 aliphatic heterocycles. The molecule has 0 amide bonds. The summed E-state index contributed by atoms with van der Waals surface area (Å²) >= 11 is 0. The van der Waals surface area contributed by atoms with E-state index in [1.807, 2.05) is 6.07 Å². The van der Waals surface area contributed by atoms with Crippen LogP contribution in [0, 0.1) is 0 Å². The minimum absolute atomic E-state index is 0.845. The quantitative estimate of drug-likeness (QED) is 0.154. The molecule has 0 saturated carbocycles. The van der Waals surface area contributed by atoms with Crippen molar-refractivity contribution >= 4 is 45.1 Å². The lowest BCUT2D eigenvalue weighted by molar-refractivity contribution is 0.888. The lowest BCUT2D eigenvalue weighted by atomic mass is 9.93. The minimum Gasteiger partial charge on any atom is -0.313 e. The van der Waals surface area contributed by atoms with E-state index in [4.69, 9.17) is 9.97 Å². The molecular formula is C56H40N4. The topological polar surface area (TPSA) is 34.0 Å². The smallest absolute Gasteiger partial charge is 0.0973 e. The van der Waals surface area contributed by atoms with Gasteiger partial charge in [0.1, 0.15) is 0 Å². The molecular weight excluding hydrogens is 729 g/mol. The van der Waals surface area contributed by atoms with Crippen molar-refractivity contribution in [3.8, 4) is 50.5 Å². The van der Waals surface area contributed by atoms with Gasteiger partial charge in [0.2, 0.25) is 0 Å². The van der Waals surface area contributed by atoms with Crippen LogP contribution in [0.25, 0.3) is 78.5 Å². The van der Waals surface area contributed by atoms with Crippen molar-refractivity contribution in [1.82, 2.24) is 14.5 Å². The lowest BCUT2D eigenvalue weighted by Gasteiger charge is -2.26. The molecule has 60 heavy (non-hydrogen) atoms. The maximum atomic E-state index is 5.53. The summed E-state index contributed by atoms with van der Waals surface area (Å²) in [5.41, 5.74) is 18.3. The molecule has 4 nitrogen and oxygen atoms in total. The van der Waals surface area contributed by atoms with Gasteiger partial charge < -0.3 is 9.47 Å². The summed E-state index contributed by atoms with van der Waals surface area (Å²) in [6.07, 6.45) is 6.67. The molecule has 0 bridgehead atoms. The summed E-state index contributed by atoms with van der Waals surface area (Å²) in [5.74, 6) is 0. The number of hydrogen-bond donors (Lipinski definition) is 0. The van der Waals surface area contributed by atoms with E-state index in [9.17, 15) is 0 Å². The van der Waals surface area contributed by atoms with Crippen LogP contribution in [0.5, 0.6) is 0 Å². The van der Waals surface area contributed by atoms with Gasteiger partial charge >= 0.3 is 0 Å². The zero-order valence-electron chi connectivity index (χ0n) is 33.0. The molecule has 0 atom stereocenters. The van der Waals surface area contributed by atoms with Crippen LogP contribution in [0.2, 0.25) is 0 Å². The molecule has 0 spiro atoms. The number of benzene rings is 8. The Morgan fingerprint density at radius 3 is 1.75 bits per heavy atom. The third-order valence-corrected chi connectivity index (χ3v) is 11.7. The van der Waals surface area contributed by atoms with Gasteiger partial charge in [-0.1, -0.05) is 158 Å². The molecule has 10 aromatic rings. The lowest BCUT2D eigenvalue weighted by Crippen LogP contribution is -2.10.